The summed E-state index contributed by atoms with van der Waals surface area (Å²) in [5.41, 5.74) is 1.39. The molecule has 142 valence electrons. The Kier molecular flexibility index (Phi) is 5.32. The summed E-state index contributed by atoms with van der Waals surface area (Å²) in [5, 5.41) is 6.35. The Bertz CT molecular complexity index is 1020. The quantitative estimate of drug-likeness (QED) is 0.608. The number of nitrogens with zero attached hydrogens (tertiary/aromatic N) is 3. The van der Waals surface area contributed by atoms with Crippen molar-refractivity contribution in [3.8, 4) is 22.8 Å². The van der Waals surface area contributed by atoms with E-state index in [9.17, 15) is 8.42 Å². The highest BCUT2D eigenvalue weighted by Gasteiger charge is 2.27. The number of benzene rings is 1. The van der Waals surface area contributed by atoms with Gasteiger partial charge in [0.2, 0.25) is 5.82 Å². The van der Waals surface area contributed by atoms with Gasteiger partial charge in [-0.25, -0.2) is 8.42 Å². The maximum absolute atomic E-state index is 12.9. The van der Waals surface area contributed by atoms with E-state index in [0.717, 1.165) is 31.2 Å². The summed E-state index contributed by atoms with van der Waals surface area (Å²) in [4.78, 5) is 4.38. The van der Waals surface area contributed by atoms with E-state index in [4.69, 9.17) is 16.1 Å². The molecule has 0 unspecified atom stereocenters. The minimum absolute atomic E-state index is 0.300. The third-order valence-corrected chi connectivity index (χ3v) is 8.08. The van der Waals surface area contributed by atoms with Gasteiger partial charge in [0.05, 0.1) is 5.56 Å². The Labute approximate surface area is 166 Å². The second-order valence-corrected chi connectivity index (χ2v) is 9.92. The average molecular weight is 424 g/mol. The number of hydrogen-bond acceptors (Lipinski definition) is 6. The van der Waals surface area contributed by atoms with Crippen molar-refractivity contribution in [2.45, 2.75) is 29.9 Å². The molecule has 0 radical (unpaired) electrons. The first-order valence-corrected chi connectivity index (χ1v) is 11.4. The third kappa shape index (κ3) is 3.94. The zero-order valence-corrected chi connectivity index (χ0v) is 16.9. The highest BCUT2D eigenvalue weighted by Crippen LogP contribution is 2.31. The normalized spacial score (nSPS) is 16.3. The lowest BCUT2D eigenvalue weighted by Gasteiger charge is -2.18. The van der Waals surface area contributed by atoms with Gasteiger partial charge in [0.25, 0.3) is 15.9 Å². The van der Waals surface area contributed by atoms with Crippen molar-refractivity contribution in [1.82, 2.24) is 14.4 Å². The molecule has 0 spiro atoms. The molecule has 1 fully saturated rings. The maximum Gasteiger partial charge on any atom is 0.259 e. The van der Waals surface area contributed by atoms with Crippen LogP contribution in [0, 0.1) is 0 Å². The van der Waals surface area contributed by atoms with E-state index in [1.165, 1.54) is 11.3 Å². The van der Waals surface area contributed by atoms with Crippen LogP contribution in [0.2, 0.25) is 5.02 Å². The maximum atomic E-state index is 12.9. The second-order valence-electron chi connectivity index (χ2n) is 6.40. The summed E-state index contributed by atoms with van der Waals surface area (Å²) >= 11 is 7.08. The predicted octanol–water partition coefficient (Wildman–Crippen LogP) is 4.68. The molecule has 0 aliphatic carbocycles. The summed E-state index contributed by atoms with van der Waals surface area (Å²) < 4.78 is 33.0. The summed E-state index contributed by atoms with van der Waals surface area (Å²) in [6.07, 6.45) is 3.98. The van der Waals surface area contributed by atoms with Gasteiger partial charge < -0.3 is 4.52 Å². The molecule has 1 saturated heterocycles. The van der Waals surface area contributed by atoms with Crippen LogP contribution in [-0.2, 0) is 10.0 Å². The van der Waals surface area contributed by atoms with Gasteiger partial charge in [-0.1, -0.05) is 29.6 Å². The van der Waals surface area contributed by atoms with Crippen LogP contribution in [-0.4, -0.2) is 36.0 Å². The monoisotopic (exact) mass is 423 g/mol. The molecule has 0 saturated carbocycles. The molecule has 1 aromatic carbocycles. The number of hydrogen-bond donors (Lipinski definition) is 0. The number of halogens is 1. The Morgan fingerprint density at radius 2 is 1.74 bits per heavy atom. The fraction of sp³-hybridized carbons (Fsp3) is 0.333. The molecular formula is C18H18ClN3O3S2. The first kappa shape index (κ1) is 18.6. The van der Waals surface area contributed by atoms with Crippen molar-refractivity contribution in [3.05, 3.63) is 40.7 Å². The highest BCUT2D eigenvalue weighted by atomic mass is 35.5. The smallest absolute Gasteiger partial charge is 0.259 e. The molecule has 0 atom stereocenters. The van der Waals surface area contributed by atoms with Gasteiger partial charge in [-0.3, -0.25) is 0 Å². The zero-order chi connectivity index (χ0) is 18.9. The van der Waals surface area contributed by atoms with Crippen molar-refractivity contribution in [2.24, 2.45) is 0 Å². The molecule has 27 heavy (non-hydrogen) atoms. The summed E-state index contributed by atoms with van der Waals surface area (Å²) in [6.45, 7) is 1.16. The Hall–Kier alpha value is -1.74. The van der Waals surface area contributed by atoms with Gasteiger partial charge in [-0.15, -0.1) is 11.3 Å². The fourth-order valence-corrected chi connectivity index (χ4v) is 5.98. The van der Waals surface area contributed by atoms with Crippen molar-refractivity contribution in [1.29, 1.82) is 0 Å². The number of rotatable bonds is 4. The Morgan fingerprint density at radius 1 is 1.04 bits per heavy atom. The lowest BCUT2D eigenvalue weighted by Crippen LogP contribution is -2.31. The van der Waals surface area contributed by atoms with Crippen LogP contribution in [0.4, 0.5) is 0 Å². The van der Waals surface area contributed by atoms with Gasteiger partial charge in [-0.05, 0) is 43.2 Å². The predicted molar refractivity (Wildman–Crippen MR) is 105 cm³/mol. The van der Waals surface area contributed by atoms with E-state index in [0.29, 0.717) is 39.6 Å². The summed E-state index contributed by atoms with van der Waals surface area (Å²) in [7, 11) is -3.48. The molecule has 9 heteroatoms. The lowest BCUT2D eigenvalue weighted by molar-refractivity contribution is 0.425. The van der Waals surface area contributed by atoms with Gasteiger partial charge in [0, 0.05) is 29.1 Å². The van der Waals surface area contributed by atoms with Crippen molar-refractivity contribution in [3.63, 3.8) is 0 Å². The highest BCUT2D eigenvalue weighted by molar-refractivity contribution is 7.91. The van der Waals surface area contributed by atoms with Crippen molar-refractivity contribution >= 4 is 33.0 Å². The van der Waals surface area contributed by atoms with Gasteiger partial charge in [0.15, 0.2) is 0 Å². The standard InChI is InChI=1S/C18H18ClN3O3S2/c19-15-7-5-13(6-8-15)17-20-18(25-21-17)14-11-16(26-12-14)27(23,24)22-9-3-1-2-4-10-22/h5-8,11-12H,1-4,9-10H2. The molecule has 3 aromatic rings. The average Bonchev–Trinajstić information content (AvgIpc) is 3.26. The Balaban J connectivity index is 1.58. The van der Waals surface area contributed by atoms with E-state index in [-0.39, 0.29) is 0 Å². The van der Waals surface area contributed by atoms with Gasteiger partial charge >= 0.3 is 0 Å². The van der Waals surface area contributed by atoms with Crippen LogP contribution in [0.15, 0.2) is 44.4 Å². The molecule has 3 heterocycles. The molecule has 0 bridgehead atoms. The van der Waals surface area contributed by atoms with E-state index in [2.05, 4.69) is 10.1 Å². The first-order valence-electron chi connectivity index (χ1n) is 8.73. The minimum atomic E-state index is -3.48. The topological polar surface area (TPSA) is 76.3 Å². The molecule has 1 aliphatic rings. The van der Waals surface area contributed by atoms with E-state index in [1.54, 1.807) is 40.0 Å². The van der Waals surface area contributed by atoms with Crippen LogP contribution in [0.3, 0.4) is 0 Å². The largest absolute Gasteiger partial charge is 0.334 e. The number of thiophene rings is 1. The second kappa shape index (κ2) is 7.71. The summed E-state index contributed by atoms with van der Waals surface area (Å²) in [5.74, 6) is 0.735. The van der Waals surface area contributed by atoms with Gasteiger partial charge in [0.1, 0.15) is 4.21 Å². The molecular weight excluding hydrogens is 406 g/mol. The Morgan fingerprint density at radius 3 is 2.44 bits per heavy atom. The molecule has 4 rings (SSSR count). The fourth-order valence-electron chi connectivity index (χ4n) is 3.03. The molecule has 2 aromatic heterocycles. The lowest BCUT2D eigenvalue weighted by atomic mass is 10.2. The van der Waals surface area contributed by atoms with E-state index < -0.39 is 10.0 Å². The SMILES string of the molecule is O=S(=O)(c1cc(-c2nc(-c3ccc(Cl)cc3)no2)cs1)N1CCCCCC1. The number of aromatic nitrogens is 2. The van der Waals surface area contributed by atoms with E-state index >= 15 is 0 Å². The molecule has 0 amide bonds. The molecule has 6 nitrogen and oxygen atoms in total. The minimum Gasteiger partial charge on any atom is -0.334 e. The summed E-state index contributed by atoms with van der Waals surface area (Å²) in [6, 6.07) is 8.73. The van der Waals surface area contributed by atoms with Crippen LogP contribution in [0.25, 0.3) is 22.8 Å². The molecule has 0 N–H and O–H groups in total. The zero-order valence-electron chi connectivity index (χ0n) is 14.5. The van der Waals surface area contributed by atoms with Crippen LogP contribution in [0.5, 0.6) is 0 Å². The van der Waals surface area contributed by atoms with Crippen LogP contribution in [0.1, 0.15) is 25.7 Å². The number of sulfonamides is 1. The third-order valence-electron chi connectivity index (χ3n) is 4.51. The van der Waals surface area contributed by atoms with Crippen LogP contribution < -0.4 is 0 Å². The van der Waals surface area contributed by atoms with Gasteiger partial charge in [-0.2, -0.15) is 9.29 Å². The van der Waals surface area contributed by atoms with Crippen molar-refractivity contribution in [2.75, 3.05) is 13.1 Å². The van der Waals surface area contributed by atoms with Crippen molar-refractivity contribution < 1.29 is 12.9 Å². The van der Waals surface area contributed by atoms with Crippen LogP contribution >= 0.6 is 22.9 Å². The van der Waals surface area contributed by atoms with E-state index in [1.807, 2.05) is 0 Å². The first-order chi connectivity index (χ1) is 13.0. The molecule has 1 aliphatic heterocycles.